The van der Waals surface area contributed by atoms with Crippen LogP contribution in [0, 0.1) is 0 Å². The van der Waals surface area contributed by atoms with Crippen LogP contribution in [-0.2, 0) is 4.84 Å². The molecule has 0 aromatic rings. The molecule has 5 heteroatoms. The highest BCUT2D eigenvalue weighted by atomic mass is 79.9. The highest BCUT2D eigenvalue weighted by Crippen LogP contribution is 2.13. The van der Waals surface area contributed by atoms with E-state index in [0.717, 1.165) is 17.8 Å². The summed E-state index contributed by atoms with van der Waals surface area (Å²) in [6.45, 7) is 9.25. The molecular formula is C28H62Br2N2O. The molecule has 0 atom stereocenters. The predicted molar refractivity (Wildman–Crippen MR) is 139 cm³/mol. The van der Waals surface area contributed by atoms with Gasteiger partial charge in [0.1, 0.15) is 13.2 Å². The van der Waals surface area contributed by atoms with Crippen LogP contribution in [0.25, 0.3) is 0 Å². The molecule has 0 aromatic carbocycles. The van der Waals surface area contributed by atoms with Crippen LogP contribution in [0.2, 0.25) is 0 Å². The Morgan fingerprint density at radius 3 is 1.18 bits per heavy atom. The molecule has 0 aromatic heterocycles. The molecule has 0 radical (unpaired) electrons. The molecule has 0 saturated carbocycles. The van der Waals surface area contributed by atoms with E-state index in [9.17, 15) is 0 Å². The van der Waals surface area contributed by atoms with Gasteiger partial charge in [0.05, 0.1) is 41.3 Å². The zero-order valence-corrected chi connectivity index (χ0v) is 26.8. The molecule has 0 N–H and O–H groups in total. The fourth-order valence-corrected chi connectivity index (χ4v) is 4.43. The van der Waals surface area contributed by atoms with Gasteiger partial charge in [-0.1, -0.05) is 90.9 Å². The molecule has 0 aliphatic carbocycles. The van der Waals surface area contributed by atoms with Crippen molar-refractivity contribution in [3.63, 3.8) is 0 Å². The zero-order chi connectivity index (χ0) is 23.3. The summed E-state index contributed by atoms with van der Waals surface area (Å²) in [5, 5.41) is 0. The maximum atomic E-state index is 6.19. The Morgan fingerprint density at radius 2 is 0.758 bits per heavy atom. The fraction of sp³-hybridized carbons (Fsp3) is 1.00. The minimum absolute atomic E-state index is 0. The van der Waals surface area contributed by atoms with Gasteiger partial charge in [-0.25, -0.2) is 4.84 Å². The van der Waals surface area contributed by atoms with E-state index < -0.39 is 0 Å². The summed E-state index contributed by atoms with van der Waals surface area (Å²) in [6.07, 6.45) is 24.9. The Bertz CT molecular complexity index is 345. The highest BCUT2D eigenvalue weighted by molar-refractivity contribution is 4.48. The van der Waals surface area contributed by atoms with Gasteiger partial charge in [-0.2, -0.15) is 4.65 Å². The van der Waals surface area contributed by atoms with E-state index in [2.05, 4.69) is 42.0 Å². The first-order chi connectivity index (χ1) is 14.8. The van der Waals surface area contributed by atoms with Crippen LogP contribution in [0.4, 0.5) is 0 Å². The predicted octanol–water partition coefficient (Wildman–Crippen LogP) is 2.14. The monoisotopic (exact) mass is 600 g/mol. The Kier molecular flexibility index (Phi) is 30.1. The van der Waals surface area contributed by atoms with Crippen molar-refractivity contribution in [2.45, 2.75) is 129 Å². The summed E-state index contributed by atoms with van der Waals surface area (Å²) >= 11 is 0. The van der Waals surface area contributed by atoms with Gasteiger partial charge < -0.3 is 38.4 Å². The molecule has 0 fully saturated rings. The molecular weight excluding hydrogens is 540 g/mol. The summed E-state index contributed by atoms with van der Waals surface area (Å²) in [6, 6.07) is 0. The number of hydrogen-bond donors (Lipinski definition) is 0. The van der Waals surface area contributed by atoms with Crippen molar-refractivity contribution < 1.29 is 47.9 Å². The zero-order valence-electron chi connectivity index (χ0n) is 23.6. The summed E-state index contributed by atoms with van der Waals surface area (Å²) < 4.78 is 1.90. The molecule has 0 heterocycles. The van der Waals surface area contributed by atoms with Gasteiger partial charge in [0.15, 0.2) is 0 Å². The van der Waals surface area contributed by atoms with Gasteiger partial charge in [0, 0.05) is 0 Å². The minimum atomic E-state index is 0. The number of hydrogen-bond acceptors (Lipinski definition) is 1. The van der Waals surface area contributed by atoms with E-state index in [1.165, 1.54) is 133 Å². The first-order valence-corrected chi connectivity index (χ1v) is 14.1. The quantitative estimate of drug-likeness (QED) is 0.0936. The molecule has 0 amide bonds. The Labute approximate surface area is 231 Å². The van der Waals surface area contributed by atoms with Crippen molar-refractivity contribution in [3.8, 4) is 0 Å². The van der Waals surface area contributed by atoms with E-state index in [0.29, 0.717) is 0 Å². The molecule has 0 aliphatic rings. The van der Waals surface area contributed by atoms with Gasteiger partial charge >= 0.3 is 0 Å². The maximum Gasteiger partial charge on any atom is 0.108 e. The second-order valence-electron chi connectivity index (χ2n) is 11.2. The lowest BCUT2D eigenvalue weighted by Crippen LogP contribution is -3.00. The second kappa shape index (κ2) is 25.9. The fourth-order valence-electron chi connectivity index (χ4n) is 4.43. The Balaban J connectivity index is -0.00000450. The Hall–Kier alpha value is 0.840. The van der Waals surface area contributed by atoms with Crippen LogP contribution in [0.3, 0.4) is 0 Å². The standard InChI is InChI=1S/C28H62N2O.2BrH/c1-7-9-11-13-15-17-19-21-25-29(3,4)26-23-24-28-31-30(5,6)27-22-20-18-16-14-12-10-8-2;;/h7-28H2,1-6H3;2*1H/q+2;;/p-2. The summed E-state index contributed by atoms with van der Waals surface area (Å²) in [7, 11) is 9.27. The van der Waals surface area contributed by atoms with Gasteiger partial charge in [0.25, 0.3) is 0 Å². The van der Waals surface area contributed by atoms with E-state index in [1.807, 2.05) is 0 Å². The summed E-state index contributed by atoms with van der Waals surface area (Å²) in [5.74, 6) is 0. The van der Waals surface area contributed by atoms with Crippen molar-refractivity contribution in [1.29, 1.82) is 0 Å². The maximum absolute atomic E-state index is 6.19. The largest absolute Gasteiger partial charge is 1.00 e. The first kappa shape index (κ1) is 38.4. The molecule has 3 nitrogen and oxygen atoms in total. The third-order valence-electron chi connectivity index (χ3n) is 6.77. The van der Waals surface area contributed by atoms with Crippen molar-refractivity contribution >= 4 is 0 Å². The number of quaternary nitrogens is 2. The molecule has 0 bridgehead atoms. The second-order valence-corrected chi connectivity index (χ2v) is 11.2. The summed E-state index contributed by atoms with van der Waals surface area (Å²) in [4.78, 5) is 6.19. The lowest BCUT2D eigenvalue weighted by Gasteiger charge is -2.30. The van der Waals surface area contributed by atoms with Crippen molar-refractivity contribution in [1.82, 2.24) is 0 Å². The number of halogens is 2. The molecule has 0 unspecified atom stereocenters. The Morgan fingerprint density at radius 1 is 0.424 bits per heavy atom. The van der Waals surface area contributed by atoms with Crippen molar-refractivity contribution in [3.05, 3.63) is 0 Å². The van der Waals surface area contributed by atoms with Crippen LogP contribution in [0.15, 0.2) is 0 Å². The number of unbranched alkanes of at least 4 members (excludes halogenated alkanes) is 15. The molecule has 204 valence electrons. The van der Waals surface area contributed by atoms with Gasteiger partial charge in [-0.15, -0.1) is 0 Å². The highest BCUT2D eigenvalue weighted by Gasteiger charge is 2.17. The molecule has 0 aliphatic heterocycles. The van der Waals surface area contributed by atoms with E-state index >= 15 is 0 Å². The normalized spacial score (nSPS) is 11.8. The van der Waals surface area contributed by atoms with Crippen LogP contribution < -0.4 is 34.0 Å². The third kappa shape index (κ3) is 29.0. The summed E-state index contributed by atoms with van der Waals surface area (Å²) in [5.41, 5.74) is 0. The smallest absolute Gasteiger partial charge is 0.108 e. The molecule has 0 spiro atoms. The SMILES string of the molecule is CCCCCCCCCC[N+](C)(C)CCCCO[N+](C)(C)CCCCCCCCCC.[Br-].[Br-]. The molecule has 33 heavy (non-hydrogen) atoms. The molecule has 0 rings (SSSR count). The van der Waals surface area contributed by atoms with E-state index in [4.69, 9.17) is 4.84 Å². The van der Waals surface area contributed by atoms with Crippen molar-refractivity contribution in [2.75, 3.05) is 54.4 Å². The van der Waals surface area contributed by atoms with E-state index in [-0.39, 0.29) is 34.0 Å². The third-order valence-corrected chi connectivity index (χ3v) is 6.77. The lowest BCUT2D eigenvalue weighted by molar-refractivity contribution is -1.08. The number of nitrogens with zero attached hydrogens (tertiary/aromatic N) is 2. The first-order valence-electron chi connectivity index (χ1n) is 14.1. The van der Waals surface area contributed by atoms with Crippen LogP contribution in [0.5, 0.6) is 0 Å². The van der Waals surface area contributed by atoms with Gasteiger partial charge in [0.2, 0.25) is 0 Å². The van der Waals surface area contributed by atoms with Crippen LogP contribution in [0.1, 0.15) is 129 Å². The average molecular weight is 603 g/mol. The number of rotatable bonds is 24. The van der Waals surface area contributed by atoms with E-state index in [1.54, 1.807) is 0 Å². The lowest BCUT2D eigenvalue weighted by atomic mass is 10.1. The molecule has 0 saturated heterocycles. The van der Waals surface area contributed by atoms with Crippen molar-refractivity contribution in [2.24, 2.45) is 0 Å². The average Bonchev–Trinajstić information content (AvgIpc) is 2.71. The number of hydroxylamine groups is 3. The van der Waals surface area contributed by atoms with Gasteiger partial charge in [-0.3, -0.25) is 0 Å². The minimum Gasteiger partial charge on any atom is -1.00 e. The van der Waals surface area contributed by atoms with Crippen LogP contribution >= 0.6 is 0 Å². The topological polar surface area (TPSA) is 9.23 Å². The van der Waals surface area contributed by atoms with Gasteiger partial charge in [-0.05, 0) is 38.5 Å². The van der Waals surface area contributed by atoms with Crippen LogP contribution in [-0.4, -0.2) is 63.6 Å².